The van der Waals surface area contributed by atoms with E-state index in [1.165, 1.54) is 25.3 Å². The van der Waals surface area contributed by atoms with Crippen LogP contribution in [-0.2, 0) is 14.8 Å². The molecule has 0 aliphatic heterocycles. The molecule has 1 aromatic heterocycles. The third kappa shape index (κ3) is 3.95. The minimum absolute atomic E-state index is 0.00176. The molecule has 4 N–H and O–H groups in total. The number of aromatic nitrogens is 1. The molecule has 1 heterocycles. The number of carbonyl (C=O) groups excluding carboxylic acids is 1. The van der Waals surface area contributed by atoms with E-state index in [0.29, 0.717) is 6.54 Å². The average molecular weight is 316 g/mol. The van der Waals surface area contributed by atoms with Gasteiger partial charge in [0.05, 0.1) is 6.04 Å². The number of nitrogens with zero attached hydrogens (tertiary/aromatic N) is 1. The van der Waals surface area contributed by atoms with Crippen molar-refractivity contribution in [1.29, 1.82) is 0 Å². The molecule has 0 aromatic carbocycles. The van der Waals surface area contributed by atoms with Gasteiger partial charge < -0.3 is 11.1 Å². The number of thiocarbonyl (C=S) groups is 1. The van der Waals surface area contributed by atoms with Crippen molar-refractivity contribution in [3.63, 3.8) is 0 Å². The highest BCUT2D eigenvalue weighted by Crippen LogP contribution is 2.13. The molecule has 0 fully saturated rings. The number of hydrogen-bond donors (Lipinski definition) is 3. The minimum Gasteiger partial charge on any atom is -0.388 e. The fourth-order valence-corrected chi connectivity index (χ4v) is 3.07. The van der Waals surface area contributed by atoms with Gasteiger partial charge in [-0.3, -0.25) is 9.78 Å². The lowest BCUT2D eigenvalue weighted by atomic mass is 10.3. The Morgan fingerprint density at radius 2 is 2.20 bits per heavy atom. The van der Waals surface area contributed by atoms with Gasteiger partial charge in [-0.2, -0.15) is 4.72 Å². The number of pyridine rings is 1. The first kappa shape index (κ1) is 16.5. The van der Waals surface area contributed by atoms with Crippen molar-refractivity contribution >= 4 is 33.1 Å². The van der Waals surface area contributed by atoms with Crippen molar-refractivity contribution in [3.8, 4) is 0 Å². The van der Waals surface area contributed by atoms with Crippen LogP contribution in [0.2, 0.25) is 0 Å². The normalized spacial score (nSPS) is 12.7. The topological polar surface area (TPSA) is 114 Å². The van der Waals surface area contributed by atoms with E-state index in [-0.39, 0.29) is 15.6 Å². The van der Waals surface area contributed by atoms with Crippen LogP contribution in [0.4, 0.5) is 0 Å². The second-order valence-corrected chi connectivity index (χ2v) is 6.07. The van der Waals surface area contributed by atoms with Gasteiger partial charge in [-0.1, -0.05) is 12.2 Å². The Bertz CT molecular complexity index is 616. The summed E-state index contributed by atoms with van der Waals surface area (Å²) in [5.74, 6) is -0.420. The summed E-state index contributed by atoms with van der Waals surface area (Å²) in [6.07, 6.45) is 1.39. The molecule has 0 saturated carbocycles. The van der Waals surface area contributed by atoms with Crippen molar-refractivity contribution in [3.05, 3.63) is 24.0 Å². The third-order valence-corrected chi connectivity index (χ3v) is 4.14. The maximum atomic E-state index is 12.2. The van der Waals surface area contributed by atoms with E-state index in [0.717, 1.165) is 0 Å². The van der Waals surface area contributed by atoms with Crippen molar-refractivity contribution in [2.75, 3.05) is 6.54 Å². The number of sulfonamides is 1. The number of amides is 1. The molecule has 1 aromatic rings. The zero-order valence-corrected chi connectivity index (χ0v) is 12.7. The minimum atomic E-state index is -3.94. The Hall–Kier alpha value is -1.58. The van der Waals surface area contributed by atoms with Crippen molar-refractivity contribution < 1.29 is 13.2 Å². The zero-order chi connectivity index (χ0) is 15.3. The molecule has 0 saturated heterocycles. The number of carbonyl (C=O) groups is 1. The van der Waals surface area contributed by atoms with Gasteiger partial charge in [0.1, 0.15) is 15.6 Å². The quantitative estimate of drug-likeness (QED) is 0.611. The van der Waals surface area contributed by atoms with Gasteiger partial charge in [0.2, 0.25) is 15.9 Å². The van der Waals surface area contributed by atoms with Crippen LogP contribution in [0.15, 0.2) is 23.2 Å². The third-order valence-electron chi connectivity index (χ3n) is 2.37. The molecule has 0 aliphatic carbocycles. The molecule has 1 rings (SSSR count). The molecule has 1 unspecified atom stereocenters. The maximum Gasteiger partial charge on any atom is 0.243 e. The second kappa shape index (κ2) is 6.73. The Kier molecular flexibility index (Phi) is 5.54. The fourth-order valence-electron chi connectivity index (χ4n) is 1.47. The Morgan fingerprint density at radius 3 is 2.75 bits per heavy atom. The molecule has 110 valence electrons. The van der Waals surface area contributed by atoms with Crippen LogP contribution in [0.5, 0.6) is 0 Å². The lowest BCUT2D eigenvalue weighted by molar-refractivity contribution is -0.122. The summed E-state index contributed by atoms with van der Waals surface area (Å²) >= 11 is 4.77. The van der Waals surface area contributed by atoms with Crippen molar-refractivity contribution in [2.24, 2.45) is 5.73 Å². The second-order valence-electron chi connectivity index (χ2n) is 3.95. The lowest BCUT2D eigenvalue weighted by Gasteiger charge is -2.15. The van der Waals surface area contributed by atoms with E-state index in [9.17, 15) is 13.2 Å². The SMILES string of the molecule is CCNC(=O)C(C)NS(=O)(=O)c1cccnc1C(N)=S. The lowest BCUT2D eigenvalue weighted by Crippen LogP contribution is -2.45. The molecule has 1 amide bonds. The first-order valence-electron chi connectivity index (χ1n) is 5.84. The predicted molar refractivity (Wildman–Crippen MR) is 78.6 cm³/mol. The van der Waals surface area contributed by atoms with E-state index in [4.69, 9.17) is 18.0 Å². The van der Waals surface area contributed by atoms with Crippen molar-refractivity contribution in [1.82, 2.24) is 15.0 Å². The Balaban J connectivity index is 3.06. The monoisotopic (exact) mass is 316 g/mol. The van der Waals surface area contributed by atoms with E-state index in [2.05, 4.69) is 15.0 Å². The molecular weight excluding hydrogens is 300 g/mol. The molecule has 7 nitrogen and oxygen atoms in total. The number of nitrogens with one attached hydrogen (secondary N) is 2. The highest BCUT2D eigenvalue weighted by molar-refractivity contribution is 7.89. The fraction of sp³-hybridized carbons (Fsp3) is 0.364. The molecule has 9 heteroatoms. The van der Waals surface area contributed by atoms with Gasteiger partial charge in [-0.15, -0.1) is 0 Å². The van der Waals surface area contributed by atoms with Gasteiger partial charge in [0.25, 0.3) is 0 Å². The molecule has 0 bridgehead atoms. The standard InChI is InChI=1S/C11H16N4O3S2/c1-3-13-11(16)7(2)15-20(17,18)8-5-4-6-14-9(8)10(12)19/h4-7,15H,3H2,1-2H3,(H2,12,19)(H,13,16). The van der Waals surface area contributed by atoms with Crippen LogP contribution >= 0.6 is 12.2 Å². The molecule has 1 atom stereocenters. The Morgan fingerprint density at radius 1 is 1.55 bits per heavy atom. The maximum absolute atomic E-state index is 12.2. The first-order chi connectivity index (χ1) is 9.29. The van der Waals surface area contributed by atoms with Crippen LogP contribution in [0.1, 0.15) is 19.5 Å². The van der Waals surface area contributed by atoms with Crippen LogP contribution in [0, 0.1) is 0 Å². The molecule has 0 radical (unpaired) electrons. The van der Waals surface area contributed by atoms with Crippen LogP contribution < -0.4 is 15.8 Å². The van der Waals surface area contributed by atoms with Gasteiger partial charge >= 0.3 is 0 Å². The molecule has 0 spiro atoms. The summed E-state index contributed by atoms with van der Waals surface area (Å²) in [7, 11) is -3.94. The average Bonchev–Trinajstić information content (AvgIpc) is 2.38. The first-order valence-corrected chi connectivity index (χ1v) is 7.73. The Labute approximate surface area is 123 Å². The molecular formula is C11H16N4O3S2. The predicted octanol–water partition coefficient (Wildman–Crippen LogP) is -0.481. The van der Waals surface area contributed by atoms with E-state index in [1.54, 1.807) is 6.92 Å². The van der Waals surface area contributed by atoms with E-state index < -0.39 is 22.0 Å². The zero-order valence-electron chi connectivity index (χ0n) is 11.1. The highest BCUT2D eigenvalue weighted by atomic mass is 32.2. The summed E-state index contributed by atoms with van der Waals surface area (Å²) in [6.45, 7) is 3.60. The number of hydrogen-bond acceptors (Lipinski definition) is 5. The van der Waals surface area contributed by atoms with E-state index in [1.807, 2.05) is 0 Å². The van der Waals surface area contributed by atoms with Crippen LogP contribution in [0.25, 0.3) is 0 Å². The van der Waals surface area contributed by atoms with E-state index >= 15 is 0 Å². The highest BCUT2D eigenvalue weighted by Gasteiger charge is 2.25. The smallest absolute Gasteiger partial charge is 0.243 e. The molecule has 20 heavy (non-hydrogen) atoms. The summed E-state index contributed by atoms with van der Waals surface area (Å²) < 4.78 is 26.7. The van der Waals surface area contributed by atoms with Crippen LogP contribution in [0.3, 0.4) is 0 Å². The summed E-state index contributed by atoms with van der Waals surface area (Å²) in [5.41, 5.74) is 5.45. The van der Waals surface area contributed by atoms with Gasteiger partial charge in [-0.25, -0.2) is 8.42 Å². The summed E-state index contributed by atoms with van der Waals surface area (Å²) in [4.78, 5) is 15.1. The molecule has 0 aliphatic rings. The largest absolute Gasteiger partial charge is 0.388 e. The van der Waals surface area contributed by atoms with Crippen LogP contribution in [-0.4, -0.2) is 36.9 Å². The van der Waals surface area contributed by atoms with Crippen molar-refractivity contribution in [2.45, 2.75) is 24.8 Å². The number of rotatable bonds is 6. The number of nitrogens with two attached hydrogens (primary N) is 1. The van der Waals surface area contributed by atoms with Gasteiger partial charge in [0.15, 0.2) is 0 Å². The van der Waals surface area contributed by atoms with Gasteiger partial charge in [0, 0.05) is 12.7 Å². The summed E-state index contributed by atoms with van der Waals surface area (Å²) in [6, 6.07) is 1.86. The summed E-state index contributed by atoms with van der Waals surface area (Å²) in [5, 5.41) is 2.52. The number of likely N-dealkylation sites (N-methyl/N-ethyl adjacent to an activating group) is 1. The van der Waals surface area contributed by atoms with Gasteiger partial charge in [-0.05, 0) is 26.0 Å².